The lowest BCUT2D eigenvalue weighted by atomic mass is 10.1. The van der Waals surface area contributed by atoms with Crippen LogP contribution in [0.25, 0.3) is 0 Å². The zero-order valence-electron chi connectivity index (χ0n) is 13.6. The maximum Gasteiger partial charge on any atom is 0.153 e. The highest BCUT2D eigenvalue weighted by molar-refractivity contribution is 5.83. The molecule has 0 atom stereocenters. The molecule has 0 amide bonds. The topological polar surface area (TPSA) is 38.8 Å². The number of carbonyl (C=O) groups is 1. The smallest absolute Gasteiger partial charge is 0.153 e. The Labute approximate surface area is 128 Å². The fourth-order valence-corrected chi connectivity index (χ4v) is 2.35. The Morgan fingerprint density at radius 1 is 0.952 bits per heavy atom. The molecule has 0 spiro atoms. The van der Waals surface area contributed by atoms with Crippen molar-refractivity contribution in [3.63, 3.8) is 0 Å². The lowest BCUT2D eigenvalue weighted by Gasteiger charge is -2.27. The van der Waals surface area contributed by atoms with Crippen molar-refractivity contribution in [3.05, 3.63) is 17.7 Å². The monoisotopic (exact) mass is 293 g/mol. The van der Waals surface area contributed by atoms with Crippen molar-refractivity contribution in [2.45, 2.75) is 40.5 Å². The van der Waals surface area contributed by atoms with Crippen LogP contribution in [0.15, 0.2) is 12.1 Å². The lowest BCUT2D eigenvalue weighted by Crippen LogP contribution is -2.25. The number of aldehydes is 1. The molecule has 4 nitrogen and oxygen atoms in total. The van der Waals surface area contributed by atoms with Crippen molar-refractivity contribution in [1.29, 1.82) is 0 Å². The minimum Gasteiger partial charge on any atom is -0.493 e. The summed E-state index contributed by atoms with van der Waals surface area (Å²) >= 11 is 0. The molecule has 0 radical (unpaired) electrons. The Balaban J connectivity index is 3.29. The molecule has 0 aliphatic carbocycles. The van der Waals surface area contributed by atoms with E-state index in [4.69, 9.17) is 9.47 Å². The number of ether oxygens (including phenoxy) is 2. The molecule has 118 valence electrons. The van der Waals surface area contributed by atoms with E-state index in [0.29, 0.717) is 24.5 Å². The van der Waals surface area contributed by atoms with Gasteiger partial charge in [-0.1, -0.05) is 13.8 Å². The lowest BCUT2D eigenvalue weighted by molar-refractivity contribution is 0.111. The molecule has 21 heavy (non-hydrogen) atoms. The molecule has 0 aliphatic rings. The summed E-state index contributed by atoms with van der Waals surface area (Å²) in [6.45, 7) is 11.2. The van der Waals surface area contributed by atoms with Crippen LogP contribution in [0.1, 0.15) is 50.9 Å². The van der Waals surface area contributed by atoms with E-state index >= 15 is 0 Å². The van der Waals surface area contributed by atoms with Crippen LogP contribution in [0.2, 0.25) is 0 Å². The highest BCUT2D eigenvalue weighted by atomic mass is 16.5. The Hall–Kier alpha value is -1.71. The SMILES string of the molecule is CCCN(CCC)c1cc(OCC)c(C=O)cc1OCC. The summed E-state index contributed by atoms with van der Waals surface area (Å²) in [6.07, 6.45) is 2.94. The minimum absolute atomic E-state index is 0.538. The van der Waals surface area contributed by atoms with Crippen LogP contribution < -0.4 is 14.4 Å². The van der Waals surface area contributed by atoms with Gasteiger partial charge in [0.1, 0.15) is 11.5 Å². The molecule has 1 rings (SSSR count). The molecule has 0 unspecified atom stereocenters. The van der Waals surface area contributed by atoms with Crippen molar-refractivity contribution < 1.29 is 14.3 Å². The summed E-state index contributed by atoms with van der Waals surface area (Å²) in [6, 6.07) is 3.72. The van der Waals surface area contributed by atoms with E-state index in [1.54, 1.807) is 6.07 Å². The summed E-state index contributed by atoms with van der Waals surface area (Å²) in [5.74, 6) is 1.38. The first kappa shape index (κ1) is 17.3. The number of nitrogens with zero attached hydrogens (tertiary/aromatic N) is 1. The third-order valence-corrected chi connectivity index (χ3v) is 3.15. The predicted octanol–water partition coefficient (Wildman–Crippen LogP) is 3.92. The number of hydrogen-bond donors (Lipinski definition) is 0. The van der Waals surface area contributed by atoms with E-state index in [2.05, 4.69) is 18.7 Å². The van der Waals surface area contributed by atoms with Gasteiger partial charge in [-0.15, -0.1) is 0 Å². The van der Waals surface area contributed by atoms with Crippen LogP contribution in [0.3, 0.4) is 0 Å². The summed E-state index contributed by atoms with van der Waals surface area (Å²) in [5, 5.41) is 0. The number of hydrogen-bond acceptors (Lipinski definition) is 4. The molecule has 4 heteroatoms. The van der Waals surface area contributed by atoms with Crippen molar-refractivity contribution in [1.82, 2.24) is 0 Å². The standard InChI is InChI=1S/C17H27NO3/c1-5-9-18(10-6-2)15-12-16(20-7-3)14(13-19)11-17(15)21-8-4/h11-13H,5-10H2,1-4H3. The van der Waals surface area contributed by atoms with Gasteiger partial charge in [0.2, 0.25) is 0 Å². The van der Waals surface area contributed by atoms with Crippen LogP contribution >= 0.6 is 0 Å². The maximum atomic E-state index is 11.2. The van der Waals surface area contributed by atoms with E-state index in [1.165, 1.54) is 0 Å². The van der Waals surface area contributed by atoms with Crippen LogP contribution in [-0.4, -0.2) is 32.6 Å². The summed E-state index contributed by atoms with van der Waals surface area (Å²) < 4.78 is 11.3. The fourth-order valence-electron chi connectivity index (χ4n) is 2.35. The van der Waals surface area contributed by atoms with Gasteiger partial charge >= 0.3 is 0 Å². The fraction of sp³-hybridized carbons (Fsp3) is 0.588. The van der Waals surface area contributed by atoms with Gasteiger partial charge in [-0.05, 0) is 32.8 Å². The van der Waals surface area contributed by atoms with Crippen LogP contribution in [0, 0.1) is 0 Å². The Bertz CT molecular complexity index is 440. The highest BCUT2D eigenvalue weighted by Crippen LogP contribution is 2.35. The van der Waals surface area contributed by atoms with Gasteiger partial charge in [0.15, 0.2) is 6.29 Å². The molecule has 1 aromatic carbocycles. The van der Waals surface area contributed by atoms with E-state index in [-0.39, 0.29) is 0 Å². The van der Waals surface area contributed by atoms with Gasteiger partial charge in [-0.25, -0.2) is 0 Å². The average Bonchev–Trinajstić information content (AvgIpc) is 2.48. The van der Waals surface area contributed by atoms with Crippen molar-refractivity contribution in [2.75, 3.05) is 31.2 Å². The summed E-state index contributed by atoms with van der Waals surface area (Å²) in [7, 11) is 0. The average molecular weight is 293 g/mol. The van der Waals surface area contributed by atoms with Gasteiger partial charge in [-0.3, -0.25) is 4.79 Å². The molecule has 0 saturated heterocycles. The number of benzene rings is 1. The molecule has 0 heterocycles. The minimum atomic E-state index is 0.538. The molecule has 0 saturated carbocycles. The van der Waals surface area contributed by atoms with E-state index in [1.807, 2.05) is 19.9 Å². The zero-order chi connectivity index (χ0) is 15.7. The maximum absolute atomic E-state index is 11.2. The zero-order valence-corrected chi connectivity index (χ0v) is 13.6. The second-order valence-corrected chi connectivity index (χ2v) is 4.83. The Kier molecular flexibility index (Phi) is 7.65. The van der Waals surface area contributed by atoms with Crippen LogP contribution in [-0.2, 0) is 0 Å². The Morgan fingerprint density at radius 2 is 1.52 bits per heavy atom. The molecule has 0 aliphatic heterocycles. The number of anilines is 1. The van der Waals surface area contributed by atoms with E-state index in [9.17, 15) is 4.79 Å². The van der Waals surface area contributed by atoms with Gasteiger partial charge < -0.3 is 14.4 Å². The van der Waals surface area contributed by atoms with Gasteiger partial charge in [0.25, 0.3) is 0 Å². The third-order valence-electron chi connectivity index (χ3n) is 3.15. The molecule has 1 aromatic rings. The normalized spacial score (nSPS) is 10.3. The third kappa shape index (κ3) is 4.66. The first-order valence-corrected chi connectivity index (χ1v) is 7.85. The quantitative estimate of drug-likeness (QED) is 0.613. The second-order valence-electron chi connectivity index (χ2n) is 4.83. The molecule has 0 N–H and O–H groups in total. The molecular formula is C17H27NO3. The van der Waals surface area contributed by atoms with Gasteiger partial charge in [-0.2, -0.15) is 0 Å². The molecular weight excluding hydrogens is 266 g/mol. The number of carbonyl (C=O) groups excluding carboxylic acids is 1. The van der Waals surface area contributed by atoms with Crippen LogP contribution in [0.4, 0.5) is 5.69 Å². The van der Waals surface area contributed by atoms with Crippen LogP contribution in [0.5, 0.6) is 11.5 Å². The largest absolute Gasteiger partial charge is 0.493 e. The highest BCUT2D eigenvalue weighted by Gasteiger charge is 2.16. The van der Waals surface area contributed by atoms with E-state index < -0.39 is 0 Å². The van der Waals surface area contributed by atoms with Crippen molar-refractivity contribution in [3.8, 4) is 11.5 Å². The molecule has 0 bridgehead atoms. The van der Waals surface area contributed by atoms with Gasteiger partial charge in [0, 0.05) is 19.2 Å². The van der Waals surface area contributed by atoms with Crippen molar-refractivity contribution in [2.24, 2.45) is 0 Å². The summed E-state index contributed by atoms with van der Waals surface area (Å²) in [4.78, 5) is 13.5. The van der Waals surface area contributed by atoms with Gasteiger partial charge in [0.05, 0.1) is 24.5 Å². The first-order valence-electron chi connectivity index (χ1n) is 7.85. The summed E-state index contributed by atoms with van der Waals surface area (Å²) in [5.41, 5.74) is 1.55. The van der Waals surface area contributed by atoms with Crippen molar-refractivity contribution >= 4 is 12.0 Å². The second kappa shape index (κ2) is 9.27. The Morgan fingerprint density at radius 3 is 2.00 bits per heavy atom. The molecule has 0 aromatic heterocycles. The number of rotatable bonds is 10. The first-order chi connectivity index (χ1) is 10.2. The van der Waals surface area contributed by atoms with E-state index in [0.717, 1.165) is 43.7 Å². The molecule has 0 fully saturated rings. The predicted molar refractivity (Wildman–Crippen MR) is 87.0 cm³/mol.